The Morgan fingerprint density at radius 3 is 2.10 bits per heavy atom. The Bertz CT molecular complexity index is 145. The van der Waals surface area contributed by atoms with Crippen molar-refractivity contribution >= 4 is 6.29 Å². The van der Waals surface area contributed by atoms with E-state index in [0.29, 0.717) is 0 Å². The van der Waals surface area contributed by atoms with Gasteiger partial charge in [0, 0.05) is 13.6 Å². The summed E-state index contributed by atoms with van der Waals surface area (Å²) in [5.74, 6) is 0. The Kier molecular flexibility index (Phi) is 3.77. The van der Waals surface area contributed by atoms with Gasteiger partial charge in [-0.15, -0.1) is 0 Å². The minimum Gasteiger partial charge on any atom is -0.372 e. The predicted molar refractivity (Wildman–Crippen MR) is 42.7 cm³/mol. The van der Waals surface area contributed by atoms with Gasteiger partial charge in [-0.25, -0.2) is 0 Å². The zero-order chi connectivity index (χ0) is 8.15. The highest BCUT2D eigenvalue weighted by atomic mass is 16.1. The summed E-state index contributed by atoms with van der Waals surface area (Å²) in [6, 6.07) is 0. The maximum absolute atomic E-state index is 10.4. The largest absolute Gasteiger partial charge is 0.372 e. The second kappa shape index (κ2) is 4.09. The van der Waals surface area contributed by atoms with Gasteiger partial charge >= 0.3 is 0 Å². The Hall–Kier alpha value is -0.790. The molecule has 2 nitrogen and oxygen atoms in total. The highest BCUT2D eigenvalue weighted by Crippen LogP contribution is 2.03. The van der Waals surface area contributed by atoms with Crippen LogP contribution >= 0.6 is 0 Å². The van der Waals surface area contributed by atoms with Crippen molar-refractivity contribution in [1.82, 2.24) is 4.90 Å². The Labute approximate surface area is 62.5 Å². The van der Waals surface area contributed by atoms with Gasteiger partial charge in [0.1, 0.15) is 0 Å². The lowest BCUT2D eigenvalue weighted by molar-refractivity contribution is -0.106. The Morgan fingerprint density at radius 1 is 1.50 bits per heavy atom. The molecule has 0 rings (SSSR count). The molecule has 0 saturated heterocycles. The Balaban J connectivity index is 4.36. The Morgan fingerprint density at radius 2 is 2.00 bits per heavy atom. The highest BCUT2D eigenvalue weighted by molar-refractivity contribution is 5.73. The number of nitrogens with zero attached hydrogens (tertiary/aromatic N) is 1. The quantitative estimate of drug-likeness (QED) is 0.437. The first kappa shape index (κ1) is 9.21. The normalized spacial score (nSPS) is 8.80. The summed E-state index contributed by atoms with van der Waals surface area (Å²) in [7, 11) is 1.91. The molecule has 0 spiro atoms. The van der Waals surface area contributed by atoms with Crippen molar-refractivity contribution in [1.29, 1.82) is 0 Å². The summed E-state index contributed by atoms with van der Waals surface area (Å²) in [4.78, 5) is 12.4. The van der Waals surface area contributed by atoms with Crippen LogP contribution in [0, 0.1) is 0 Å². The van der Waals surface area contributed by atoms with Crippen molar-refractivity contribution in [3.05, 3.63) is 11.3 Å². The molecule has 0 amide bonds. The smallest absolute Gasteiger partial charge is 0.166 e. The van der Waals surface area contributed by atoms with Gasteiger partial charge in [-0.05, 0) is 26.3 Å². The predicted octanol–water partition coefficient (Wildman–Crippen LogP) is 1.43. The fraction of sp³-hybridized carbons (Fsp3) is 0.625. The molecule has 10 heavy (non-hydrogen) atoms. The topological polar surface area (TPSA) is 20.3 Å². The molecule has 0 heterocycles. The van der Waals surface area contributed by atoms with Crippen LogP contribution in [0.25, 0.3) is 0 Å². The van der Waals surface area contributed by atoms with Gasteiger partial charge in [-0.2, -0.15) is 0 Å². The van der Waals surface area contributed by atoms with Crippen LogP contribution in [-0.2, 0) is 4.79 Å². The minimum absolute atomic E-state index is 0.794. The van der Waals surface area contributed by atoms with Crippen LogP contribution in [0.3, 0.4) is 0 Å². The first-order chi connectivity index (χ1) is 4.63. The molecule has 0 aliphatic heterocycles. The first-order valence-electron chi connectivity index (χ1n) is 3.47. The summed E-state index contributed by atoms with van der Waals surface area (Å²) in [5, 5.41) is 0. The number of rotatable bonds is 3. The molecule has 0 radical (unpaired) electrons. The van der Waals surface area contributed by atoms with Crippen LogP contribution in [0.4, 0.5) is 0 Å². The molecule has 0 aliphatic rings. The summed E-state index contributed by atoms with van der Waals surface area (Å²) in [6.07, 6.45) is 0.902. The third kappa shape index (κ3) is 2.21. The number of aldehydes is 1. The summed E-state index contributed by atoms with van der Waals surface area (Å²) < 4.78 is 0. The van der Waals surface area contributed by atoms with Crippen molar-refractivity contribution in [2.45, 2.75) is 20.8 Å². The van der Waals surface area contributed by atoms with Crippen LogP contribution in [0.5, 0.6) is 0 Å². The van der Waals surface area contributed by atoms with E-state index in [1.807, 2.05) is 32.7 Å². The number of allylic oxidation sites excluding steroid dienone is 2. The SMILES string of the molecule is CCN(C)C(C=O)=C(C)C. The van der Waals surface area contributed by atoms with Crippen molar-refractivity contribution in [2.75, 3.05) is 13.6 Å². The van der Waals surface area contributed by atoms with Gasteiger partial charge in [0.25, 0.3) is 0 Å². The molecule has 2 heteroatoms. The van der Waals surface area contributed by atoms with E-state index < -0.39 is 0 Å². The summed E-state index contributed by atoms with van der Waals surface area (Å²) >= 11 is 0. The molecule has 0 aromatic carbocycles. The van der Waals surface area contributed by atoms with Crippen molar-refractivity contribution in [3.63, 3.8) is 0 Å². The average Bonchev–Trinajstić information content (AvgIpc) is 1.88. The lowest BCUT2D eigenvalue weighted by Gasteiger charge is -2.17. The van der Waals surface area contributed by atoms with Crippen LogP contribution in [-0.4, -0.2) is 24.8 Å². The zero-order valence-electron chi connectivity index (χ0n) is 7.14. The fourth-order valence-corrected chi connectivity index (χ4v) is 0.760. The number of carbonyl (C=O) groups is 1. The minimum atomic E-state index is 0.794. The number of likely N-dealkylation sites (N-methyl/N-ethyl adjacent to an activating group) is 1. The van der Waals surface area contributed by atoms with E-state index in [4.69, 9.17) is 0 Å². The molecular formula is C8H15NO. The second-order valence-electron chi connectivity index (χ2n) is 2.52. The second-order valence-corrected chi connectivity index (χ2v) is 2.52. The standard InChI is InChI=1S/C8H15NO/c1-5-9(4)8(6-10)7(2)3/h6H,5H2,1-4H3. The van der Waals surface area contributed by atoms with E-state index in [1.54, 1.807) is 0 Å². The number of carbonyl (C=O) groups excluding carboxylic acids is 1. The van der Waals surface area contributed by atoms with Crippen LogP contribution < -0.4 is 0 Å². The molecule has 0 N–H and O–H groups in total. The molecule has 0 unspecified atom stereocenters. The van der Waals surface area contributed by atoms with Gasteiger partial charge < -0.3 is 4.90 Å². The monoisotopic (exact) mass is 141 g/mol. The van der Waals surface area contributed by atoms with Gasteiger partial charge in [0.2, 0.25) is 0 Å². The van der Waals surface area contributed by atoms with Crippen molar-refractivity contribution < 1.29 is 4.79 Å². The van der Waals surface area contributed by atoms with Gasteiger partial charge in [0.05, 0.1) is 5.70 Å². The van der Waals surface area contributed by atoms with Gasteiger partial charge in [0.15, 0.2) is 6.29 Å². The van der Waals surface area contributed by atoms with Crippen molar-refractivity contribution in [2.24, 2.45) is 0 Å². The van der Waals surface area contributed by atoms with E-state index in [0.717, 1.165) is 24.1 Å². The molecule has 0 aromatic heterocycles. The van der Waals surface area contributed by atoms with Crippen LogP contribution in [0.15, 0.2) is 11.3 Å². The van der Waals surface area contributed by atoms with E-state index in [2.05, 4.69) is 0 Å². The molecule has 0 saturated carbocycles. The van der Waals surface area contributed by atoms with Crippen LogP contribution in [0.1, 0.15) is 20.8 Å². The summed E-state index contributed by atoms with van der Waals surface area (Å²) in [5.41, 5.74) is 1.86. The molecule has 0 bridgehead atoms. The van der Waals surface area contributed by atoms with Crippen LogP contribution in [0.2, 0.25) is 0 Å². The van der Waals surface area contributed by atoms with Crippen molar-refractivity contribution in [3.8, 4) is 0 Å². The van der Waals surface area contributed by atoms with E-state index in [-0.39, 0.29) is 0 Å². The fourth-order valence-electron chi connectivity index (χ4n) is 0.760. The highest BCUT2D eigenvalue weighted by Gasteiger charge is 2.00. The molecule has 58 valence electrons. The number of hydrogen-bond donors (Lipinski definition) is 0. The zero-order valence-corrected chi connectivity index (χ0v) is 7.14. The van der Waals surface area contributed by atoms with E-state index >= 15 is 0 Å². The molecule has 0 aromatic rings. The lowest BCUT2D eigenvalue weighted by Crippen LogP contribution is -2.18. The third-order valence-corrected chi connectivity index (χ3v) is 1.51. The van der Waals surface area contributed by atoms with E-state index in [1.165, 1.54) is 0 Å². The van der Waals surface area contributed by atoms with Gasteiger partial charge in [-0.1, -0.05) is 0 Å². The molecule has 0 fully saturated rings. The van der Waals surface area contributed by atoms with E-state index in [9.17, 15) is 4.79 Å². The maximum Gasteiger partial charge on any atom is 0.166 e. The summed E-state index contributed by atoms with van der Waals surface area (Å²) in [6.45, 7) is 6.78. The lowest BCUT2D eigenvalue weighted by atomic mass is 10.2. The molecule has 0 atom stereocenters. The number of hydrogen-bond acceptors (Lipinski definition) is 2. The van der Waals surface area contributed by atoms with Gasteiger partial charge in [-0.3, -0.25) is 4.79 Å². The average molecular weight is 141 g/mol. The first-order valence-corrected chi connectivity index (χ1v) is 3.47. The maximum atomic E-state index is 10.4. The molecular weight excluding hydrogens is 126 g/mol. The third-order valence-electron chi connectivity index (χ3n) is 1.51. The molecule has 0 aliphatic carbocycles.